The van der Waals surface area contributed by atoms with Crippen LogP contribution in [-0.2, 0) is 0 Å². The molecule has 3 heteroatoms. The number of aromatic nitrogens is 1. The van der Waals surface area contributed by atoms with E-state index in [1.165, 1.54) is 32.3 Å². The fraction of sp³-hybridized carbons (Fsp3) is 0. The van der Waals surface area contributed by atoms with Gasteiger partial charge in [0.1, 0.15) is 12.1 Å². The molecule has 0 radical (unpaired) electrons. The minimum atomic E-state index is 0.386. The van der Waals surface area contributed by atoms with Gasteiger partial charge in [-0.05, 0) is 51.9 Å². The summed E-state index contributed by atoms with van der Waals surface area (Å²) in [6.07, 6.45) is 0. The van der Waals surface area contributed by atoms with Crippen molar-refractivity contribution in [3.05, 3.63) is 102 Å². The summed E-state index contributed by atoms with van der Waals surface area (Å²) in [5, 5.41) is 26.1. The van der Waals surface area contributed by atoms with Gasteiger partial charge >= 0.3 is 0 Å². The van der Waals surface area contributed by atoms with E-state index in [1.807, 2.05) is 12.1 Å². The first-order valence-electron chi connectivity index (χ1n) is 10.1. The Hall–Kier alpha value is -4.60. The van der Waals surface area contributed by atoms with Crippen molar-refractivity contribution in [1.29, 1.82) is 10.5 Å². The van der Waals surface area contributed by atoms with E-state index in [0.29, 0.717) is 11.1 Å². The van der Waals surface area contributed by atoms with E-state index < -0.39 is 0 Å². The normalized spacial score (nSPS) is 11.2. The molecule has 0 aliphatic rings. The zero-order valence-corrected chi connectivity index (χ0v) is 16.5. The Labute approximate surface area is 178 Å². The van der Waals surface area contributed by atoms with Crippen molar-refractivity contribution >= 4 is 43.4 Å². The maximum absolute atomic E-state index is 9.57. The van der Waals surface area contributed by atoms with Gasteiger partial charge in [0.05, 0.1) is 22.2 Å². The largest absolute Gasteiger partial charge is 0.309 e. The first kappa shape index (κ1) is 17.3. The lowest BCUT2D eigenvalue weighted by atomic mass is 10.00. The molecular formula is C28H15N3. The van der Waals surface area contributed by atoms with Crippen LogP contribution in [0.3, 0.4) is 0 Å². The minimum absolute atomic E-state index is 0.386. The third-order valence-corrected chi connectivity index (χ3v) is 6.05. The Morgan fingerprint density at radius 1 is 0.548 bits per heavy atom. The monoisotopic (exact) mass is 393 g/mol. The van der Waals surface area contributed by atoms with Gasteiger partial charge in [0.15, 0.2) is 0 Å². The highest BCUT2D eigenvalue weighted by Gasteiger charge is 2.17. The number of hydrogen-bond donors (Lipinski definition) is 0. The van der Waals surface area contributed by atoms with Gasteiger partial charge in [0.2, 0.25) is 0 Å². The average Bonchev–Trinajstić information content (AvgIpc) is 3.19. The van der Waals surface area contributed by atoms with Crippen LogP contribution < -0.4 is 0 Å². The fourth-order valence-electron chi connectivity index (χ4n) is 4.69. The third kappa shape index (κ3) is 2.38. The summed E-state index contributed by atoms with van der Waals surface area (Å²) in [5.74, 6) is 0. The molecule has 142 valence electrons. The highest BCUT2D eigenvalue weighted by Crippen LogP contribution is 2.40. The second-order valence-electron chi connectivity index (χ2n) is 7.65. The van der Waals surface area contributed by atoms with Crippen LogP contribution in [0, 0.1) is 22.7 Å². The second-order valence-corrected chi connectivity index (χ2v) is 7.65. The number of hydrogen-bond acceptors (Lipinski definition) is 2. The average molecular weight is 393 g/mol. The summed E-state index contributed by atoms with van der Waals surface area (Å²) in [6.45, 7) is 0. The molecule has 0 N–H and O–H groups in total. The molecule has 0 saturated carbocycles. The van der Waals surface area contributed by atoms with Crippen LogP contribution in [0.5, 0.6) is 0 Å². The van der Waals surface area contributed by atoms with Crippen molar-refractivity contribution in [1.82, 2.24) is 4.57 Å². The van der Waals surface area contributed by atoms with Crippen LogP contribution in [0.2, 0.25) is 0 Å². The third-order valence-electron chi connectivity index (χ3n) is 6.05. The van der Waals surface area contributed by atoms with E-state index in [1.54, 1.807) is 6.07 Å². The van der Waals surface area contributed by atoms with Crippen molar-refractivity contribution in [3.63, 3.8) is 0 Å². The van der Waals surface area contributed by atoms with E-state index in [9.17, 15) is 10.5 Å². The van der Waals surface area contributed by atoms with Crippen molar-refractivity contribution in [2.45, 2.75) is 0 Å². The number of nitrogens with zero attached hydrogens (tertiary/aromatic N) is 3. The number of nitriles is 2. The van der Waals surface area contributed by atoms with Gasteiger partial charge in [-0.3, -0.25) is 0 Å². The molecule has 0 unspecified atom stereocenters. The van der Waals surface area contributed by atoms with E-state index in [-0.39, 0.29) is 0 Å². The van der Waals surface area contributed by atoms with E-state index in [0.717, 1.165) is 16.7 Å². The minimum Gasteiger partial charge on any atom is -0.309 e. The lowest BCUT2D eigenvalue weighted by Gasteiger charge is -2.09. The molecule has 6 rings (SSSR count). The Morgan fingerprint density at radius 2 is 1.10 bits per heavy atom. The molecule has 0 saturated heterocycles. The number of fused-ring (bicyclic) bond motifs is 7. The lowest BCUT2D eigenvalue weighted by Crippen LogP contribution is -1.96. The molecule has 3 nitrogen and oxygen atoms in total. The van der Waals surface area contributed by atoms with Crippen LogP contribution in [0.4, 0.5) is 0 Å². The van der Waals surface area contributed by atoms with Crippen molar-refractivity contribution < 1.29 is 0 Å². The van der Waals surface area contributed by atoms with Crippen LogP contribution in [0.15, 0.2) is 91.0 Å². The highest BCUT2D eigenvalue weighted by molar-refractivity contribution is 6.28. The Bertz CT molecular complexity index is 1660. The van der Waals surface area contributed by atoms with Crippen molar-refractivity contribution in [3.8, 4) is 17.8 Å². The van der Waals surface area contributed by atoms with E-state index in [4.69, 9.17) is 0 Å². The Kier molecular flexibility index (Phi) is 3.60. The molecule has 0 atom stereocenters. The van der Waals surface area contributed by atoms with Gasteiger partial charge in [-0.1, -0.05) is 60.7 Å². The van der Waals surface area contributed by atoms with Gasteiger partial charge in [0.25, 0.3) is 0 Å². The van der Waals surface area contributed by atoms with E-state index >= 15 is 0 Å². The van der Waals surface area contributed by atoms with E-state index in [2.05, 4.69) is 89.5 Å². The summed E-state index contributed by atoms with van der Waals surface area (Å²) in [5.41, 5.74) is 3.82. The molecule has 1 heterocycles. The molecule has 31 heavy (non-hydrogen) atoms. The molecule has 5 aromatic carbocycles. The zero-order valence-electron chi connectivity index (χ0n) is 16.5. The Balaban J connectivity index is 1.87. The first-order chi connectivity index (χ1) is 15.3. The highest BCUT2D eigenvalue weighted by atomic mass is 15.0. The molecule has 0 amide bonds. The van der Waals surface area contributed by atoms with Crippen LogP contribution in [0.25, 0.3) is 49.0 Å². The summed E-state index contributed by atoms with van der Waals surface area (Å²) < 4.78 is 2.20. The molecule has 0 aliphatic carbocycles. The maximum atomic E-state index is 9.57. The smallest absolute Gasteiger partial charge is 0.101 e. The van der Waals surface area contributed by atoms with Crippen molar-refractivity contribution in [2.75, 3.05) is 0 Å². The van der Waals surface area contributed by atoms with Crippen LogP contribution in [-0.4, -0.2) is 4.57 Å². The molecular weight excluding hydrogens is 378 g/mol. The molecule has 0 spiro atoms. The predicted octanol–water partition coefficient (Wildman–Crippen LogP) is 6.83. The van der Waals surface area contributed by atoms with Gasteiger partial charge in [-0.25, -0.2) is 0 Å². The molecule has 0 aliphatic heterocycles. The molecule has 1 aromatic heterocycles. The SMILES string of the molecule is N#Cc1ccc(-n2c3ccc4ccccc4c3c3c4ccccc4ccc32)cc1C#N. The van der Waals surface area contributed by atoms with Crippen molar-refractivity contribution in [2.24, 2.45) is 0 Å². The first-order valence-corrected chi connectivity index (χ1v) is 10.1. The number of benzene rings is 5. The summed E-state index contributed by atoms with van der Waals surface area (Å²) in [4.78, 5) is 0. The maximum Gasteiger partial charge on any atom is 0.101 e. The fourth-order valence-corrected chi connectivity index (χ4v) is 4.69. The second kappa shape index (κ2) is 6.46. The quantitative estimate of drug-likeness (QED) is 0.307. The van der Waals surface area contributed by atoms with Crippen LogP contribution in [0.1, 0.15) is 11.1 Å². The molecule has 6 aromatic rings. The summed E-state index contributed by atoms with van der Waals surface area (Å²) in [7, 11) is 0. The molecule has 0 bridgehead atoms. The number of rotatable bonds is 1. The van der Waals surface area contributed by atoms with Gasteiger partial charge in [-0.2, -0.15) is 10.5 Å². The Morgan fingerprint density at radius 3 is 1.65 bits per heavy atom. The van der Waals surface area contributed by atoms with Gasteiger partial charge in [0, 0.05) is 16.5 Å². The zero-order chi connectivity index (χ0) is 20.9. The topological polar surface area (TPSA) is 52.5 Å². The van der Waals surface area contributed by atoms with Gasteiger partial charge in [-0.15, -0.1) is 0 Å². The predicted molar refractivity (Wildman–Crippen MR) is 125 cm³/mol. The van der Waals surface area contributed by atoms with Crippen LogP contribution >= 0.6 is 0 Å². The molecule has 0 fully saturated rings. The summed E-state index contributed by atoms with van der Waals surface area (Å²) >= 11 is 0. The standard InChI is InChI=1S/C28H15N3/c29-16-20-9-12-22(15-21(20)17-30)31-25-13-10-18-5-1-3-7-23(18)27(25)28-24-8-4-2-6-19(24)11-14-26(28)31/h1-15H. The lowest BCUT2D eigenvalue weighted by molar-refractivity contribution is 1.18. The summed E-state index contributed by atoms with van der Waals surface area (Å²) in [6, 6.07) is 35.2. The van der Waals surface area contributed by atoms with Gasteiger partial charge < -0.3 is 4.57 Å².